The van der Waals surface area contributed by atoms with Crippen molar-refractivity contribution in [1.29, 1.82) is 0 Å². The van der Waals surface area contributed by atoms with Crippen molar-refractivity contribution in [3.63, 3.8) is 0 Å². The maximum atomic E-state index is 15.6. The van der Waals surface area contributed by atoms with Crippen LogP contribution in [0.2, 0.25) is 0 Å². The molecule has 1 aliphatic heterocycles. The number of carbonyl (C=O) groups excluding carboxylic acids is 1. The van der Waals surface area contributed by atoms with E-state index in [1.807, 2.05) is 6.20 Å². The minimum atomic E-state index is -4.45. The van der Waals surface area contributed by atoms with Crippen molar-refractivity contribution in [3.8, 4) is 5.88 Å². The Bertz CT molecular complexity index is 1070. The summed E-state index contributed by atoms with van der Waals surface area (Å²) < 4.78 is 60.6. The first-order chi connectivity index (χ1) is 17.5. The van der Waals surface area contributed by atoms with Gasteiger partial charge in [-0.05, 0) is 56.6 Å². The second kappa shape index (κ2) is 11.4. The molecule has 0 unspecified atom stereocenters. The molecule has 1 aliphatic carbocycles. The molecule has 11 heteroatoms. The van der Waals surface area contributed by atoms with Gasteiger partial charge in [0, 0.05) is 57.1 Å². The summed E-state index contributed by atoms with van der Waals surface area (Å²) in [5.41, 5.74) is 1.33. The molecule has 2 aromatic rings. The van der Waals surface area contributed by atoms with E-state index in [9.17, 15) is 18.0 Å². The number of aromatic nitrogens is 3. The van der Waals surface area contributed by atoms with Gasteiger partial charge in [0.1, 0.15) is 5.67 Å². The van der Waals surface area contributed by atoms with Gasteiger partial charge in [-0.2, -0.15) is 18.3 Å². The van der Waals surface area contributed by atoms with Crippen molar-refractivity contribution >= 4 is 5.91 Å². The minimum Gasteiger partial charge on any atom is -0.465 e. The molecule has 204 valence electrons. The SMILES string of the molecule is C[C@@H](Oc1ccc2c(n1)CCN(CC[C@]1(F)CC[C@@H](NC(=O)Cc3cnn(C)c3)CC1)CC2)C(F)(F)F. The molecule has 0 saturated heterocycles. The van der Waals surface area contributed by atoms with Crippen LogP contribution in [0.3, 0.4) is 0 Å². The Balaban J connectivity index is 1.21. The average Bonchev–Trinajstić information content (AvgIpc) is 3.13. The van der Waals surface area contributed by atoms with Crippen LogP contribution in [0.4, 0.5) is 17.6 Å². The van der Waals surface area contributed by atoms with Crippen molar-refractivity contribution in [1.82, 2.24) is 25.0 Å². The lowest BCUT2D eigenvalue weighted by Crippen LogP contribution is -2.43. The average molecular weight is 526 g/mol. The lowest BCUT2D eigenvalue weighted by atomic mass is 9.81. The molecule has 2 aliphatic rings. The number of halogens is 4. The molecule has 2 aromatic heterocycles. The molecule has 7 nitrogen and oxygen atoms in total. The van der Waals surface area contributed by atoms with Gasteiger partial charge < -0.3 is 15.0 Å². The third-order valence-corrected chi connectivity index (χ3v) is 7.41. The lowest BCUT2D eigenvalue weighted by Gasteiger charge is -2.35. The van der Waals surface area contributed by atoms with Crippen molar-refractivity contribution in [2.75, 3.05) is 19.6 Å². The number of carbonyl (C=O) groups is 1. The first-order valence-corrected chi connectivity index (χ1v) is 12.9. The van der Waals surface area contributed by atoms with Crippen LogP contribution in [0.5, 0.6) is 5.88 Å². The number of hydrogen-bond donors (Lipinski definition) is 1. The van der Waals surface area contributed by atoms with E-state index in [0.29, 0.717) is 58.0 Å². The second-order valence-corrected chi connectivity index (χ2v) is 10.3. The number of fused-ring (bicyclic) bond motifs is 1. The topological polar surface area (TPSA) is 72.3 Å². The molecule has 0 spiro atoms. The first kappa shape index (κ1) is 27.3. The summed E-state index contributed by atoms with van der Waals surface area (Å²) in [5.74, 6) is -0.0902. The zero-order valence-corrected chi connectivity index (χ0v) is 21.4. The first-order valence-electron chi connectivity index (χ1n) is 12.9. The zero-order chi connectivity index (χ0) is 26.6. The van der Waals surface area contributed by atoms with E-state index in [1.165, 1.54) is 6.07 Å². The second-order valence-electron chi connectivity index (χ2n) is 10.3. The van der Waals surface area contributed by atoms with Gasteiger partial charge in [-0.15, -0.1) is 0 Å². The zero-order valence-electron chi connectivity index (χ0n) is 21.4. The summed E-state index contributed by atoms with van der Waals surface area (Å²) in [6.07, 6.45) is 1.15. The number of ether oxygens (including phenoxy) is 1. The van der Waals surface area contributed by atoms with Gasteiger partial charge in [0.2, 0.25) is 11.8 Å². The smallest absolute Gasteiger partial charge is 0.425 e. The molecule has 0 bridgehead atoms. The Kier molecular flexibility index (Phi) is 8.40. The number of amides is 1. The van der Waals surface area contributed by atoms with Crippen molar-refractivity contribution < 1.29 is 27.1 Å². The van der Waals surface area contributed by atoms with E-state index in [4.69, 9.17) is 4.74 Å². The predicted octanol–water partition coefficient (Wildman–Crippen LogP) is 3.95. The molecule has 0 radical (unpaired) electrons. The van der Waals surface area contributed by atoms with Gasteiger partial charge >= 0.3 is 6.18 Å². The maximum Gasteiger partial charge on any atom is 0.425 e. The van der Waals surface area contributed by atoms with E-state index in [-0.39, 0.29) is 24.2 Å². The fourth-order valence-electron chi connectivity index (χ4n) is 5.06. The normalized spacial score (nSPS) is 23.7. The summed E-state index contributed by atoms with van der Waals surface area (Å²) in [6.45, 7) is 2.99. The van der Waals surface area contributed by atoms with Crippen LogP contribution in [0.25, 0.3) is 0 Å². The van der Waals surface area contributed by atoms with Gasteiger partial charge in [0.25, 0.3) is 0 Å². The quantitative estimate of drug-likeness (QED) is 0.529. The molecule has 37 heavy (non-hydrogen) atoms. The molecule has 1 fully saturated rings. The summed E-state index contributed by atoms with van der Waals surface area (Å²) in [6, 6.07) is 3.26. The van der Waals surface area contributed by atoms with Crippen LogP contribution in [0.15, 0.2) is 24.5 Å². The van der Waals surface area contributed by atoms with Crippen LogP contribution in [0.1, 0.15) is 55.8 Å². The fourth-order valence-corrected chi connectivity index (χ4v) is 5.06. The van der Waals surface area contributed by atoms with Crippen LogP contribution in [0, 0.1) is 0 Å². The molecule has 3 heterocycles. The monoisotopic (exact) mass is 525 g/mol. The minimum absolute atomic E-state index is 0.0108. The standard InChI is InChI=1S/C26H35F4N5O2/c1-18(26(28,29)30)37-24-4-3-20-7-12-35(13-8-22(20)33-24)14-11-25(27)9-5-21(6-10-25)32-23(36)15-19-16-31-34(2)17-19/h3-4,16-18,21H,5-15H2,1-2H3,(H,32,36)/t18-,21-,25+/m1/s1. The lowest BCUT2D eigenvalue weighted by molar-refractivity contribution is -0.190. The van der Waals surface area contributed by atoms with Crippen LogP contribution < -0.4 is 10.1 Å². The summed E-state index contributed by atoms with van der Waals surface area (Å²) in [7, 11) is 1.80. The van der Waals surface area contributed by atoms with Gasteiger partial charge in [-0.3, -0.25) is 9.48 Å². The molecular formula is C26H35F4N5O2. The van der Waals surface area contributed by atoms with Gasteiger partial charge in [0.15, 0.2) is 6.10 Å². The molecular weight excluding hydrogens is 490 g/mol. The van der Waals surface area contributed by atoms with Gasteiger partial charge in [-0.1, -0.05) is 6.07 Å². The number of rotatable bonds is 8. The van der Waals surface area contributed by atoms with Crippen molar-refractivity contribution in [2.24, 2.45) is 7.05 Å². The number of nitrogens with zero attached hydrogens (tertiary/aromatic N) is 4. The molecule has 1 atom stereocenters. The van der Waals surface area contributed by atoms with Crippen LogP contribution in [-0.4, -0.2) is 69.2 Å². The van der Waals surface area contributed by atoms with E-state index in [1.54, 1.807) is 24.0 Å². The number of pyridine rings is 1. The van der Waals surface area contributed by atoms with E-state index >= 15 is 4.39 Å². The van der Waals surface area contributed by atoms with Crippen molar-refractivity contribution in [2.45, 2.75) is 82.3 Å². The summed E-state index contributed by atoms with van der Waals surface area (Å²) in [4.78, 5) is 18.8. The Labute approximate surface area is 214 Å². The molecule has 4 rings (SSSR count). The Hall–Kier alpha value is -2.69. The Morgan fingerprint density at radius 1 is 1.24 bits per heavy atom. The number of nitrogens with one attached hydrogen (secondary N) is 1. The maximum absolute atomic E-state index is 15.6. The highest BCUT2D eigenvalue weighted by Gasteiger charge is 2.38. The third kappa shape index (κ3) is 7.66. The molecule has 1 saturated carbocycles. The largest absolute Gasteiger partial charge is 0.465 e. The molecule has 0 aromatic carbocycles. The van der Waals surface area contributed by atoms with Gasteiger partial charge in [-0.25, -0.2) is 9.37 Å². The van der Waals surface area contributed by atoms with E-state index in [0.717, 1.165) is 30.3 Å². The number of hydrogen-bond acceptors (Lipinski definition) is 5. The van der Waals surface area contributed by atoms with Crippen LogP contribution in [-0.2, 0) is 31.1 Å². The Morgan fingerprint density at radius 3 is 2.65 bits per heavy atom. The van der Waals surface area contributed by atoms with E-state index < -0.39 is 17.9 Å². The van der Waals surface area contributed by atoms with Crippen LogP contribution >= 0.6 is 0 Å². The summed E-state index contributed by atoms with van der Waals surface area (Å²) in [5, 5.41) is 7.10. The highest BCUT2D eigenvalue weighted by molar-refractivity contribution is 5.78. The van der Waals surface area contributed by atoms with Gasteiger partial charge in [0.05, 0.1) is 12.6 Å². The van der Waals surface area contributed by atoms with Crippen molar-refractivity contribution in [3.05, 3.63) is 41.3 Å². The molecule has 1 N–H and O–H groups in total. The number of alkyl halides is 4. The highest BCUT2D eigenvalue weighted by Crippen LogP contribution is 2.35. The third-order valence-electron chi connectivity index (χ3n) is 7.41. The number of aryl methyl sites for hydroxylation is 1. The Morgan fingerprint density at radius 2 is 1.97 bits per heavy atom. The summed E-state index contributed by atoms with van der Waals surface area (Å²) >= 11 is 0. The van der Waals surface area contributed by atoms with E-state index in [2.05, 4.69) is 20.3 Å². The molecule has 1 amide bonds. The highest BCUT2D eigenvalue weighted by atomic mass is 19.4. The fraction of sp³-hybridized carbons (Fsp3) is 0.654. The predicted molar refractivity (Wildman–Crippen MR) is 130 cm³/mol.